The zero-order valence-corrected chi connectivity index (χ0v) is 19.6. The minimum atomic E-state index is -3.96. The fourth-order valence-corrected chi connectivity index (χ4v) is 5.04. The second-order valence-corrected chi connectivity index (χ2v) is 9.87. The van der Waals surface area contributed by atoms with E-state index in [0.717, 1.165) is 25.7 Å². The summed E-state index contributed by atoms with van der Waals surface area (Å²) in [5, 5.41) is 2.63. The summed E-state index contributed by atoms with van der Waals surface area (Å²) in [5.41, 5.74) is 0.465. The highest BCUT2D eigenvalue weighted by atomic mass is 32.2. The first-order valence-corrected chi connectivity index (χ1v) is 12.3. The van der Waals surface area contributed by atoms with Gasteiger partial charge < -0.3 is 24.3 Å². The molecule has 1 amide bonds. The van der Waals surface area contributed by atoms with Crippen LogP contribution in [0.2, 0.25) is 0 Å². The Balaban J connectivity index is 1.27. The van der Waals surface area contributed by atoms with Gasteiger partial charge in [0.25, 0.3) is 11.7 Å². The van der Waals surface area contributed by atoms with Gasteiger partial charge in [-0.3, -0.25) is 9.59 Å². The third kappa shape index (κ3) is 5.26. The van der Waals surface area contributed by atoms with E-state index >= 15 is 0 Å². The predicted octanol–water partition coefficient (Wildman–Crippen LogP) is 2.59. The molecule has 1 saturated carbocycles. The van der Waals surface area contributed by atoms with Gasteiger partial charge in [-0.15, -0.1) is 0 Å². The predicted molar refractivity (Wildman–Crippen MR) is 121 cm³/mol. The molecule has 1 spiro atoms. The van der Waals surface area contributed by atoms with Gasteiger partial charge in [-0.1, -0.05) is 0 Å². The number of carbonyl (C=O) groups is 2. The van der Waals surface area contributed by atoms with Crippen LogP contribution in [0.5, 0.6) is 17.2 Å². The van der Waals surface area contributed by atoms with Gasteiger partial charge in [0.05, 0.1) is 12.0 Å². The van der Waals surface area contributed by atoms with Crippen LogP contribution >= 0.6 is 0 Å². The van der Waals surface area contributed by atoms with Crippen LogP contribution in [-0.4, -0.2) is 45.8 Å². The van der Waals surface area contributed by atoms with Gasteiger partial charge in [0, 0.05) is 24.6 Å². The third-order valence-corrected chi connectivity index (χ3v) is 7.14. The molecule has 0 bridgehead atoms. The molecule has 0 saturated heterocycles. The number of sulfonamides is 1. The monoisotopic (exact) mass is 490 g/mol. The maximum atomic E-state index is 12.5. The van der Waals surface area contributed by atoms with E-state index in [1.54, 1.807) is 18.2 Å². The van der Waals surface area contributed by atoms with Gasteiger partial charge in [-0.05, 0) is 56.2 Å². The number of methoxy groups -OCH3 is 1. The number of amides is 1. The molecule has 1 heterocycles. The van der Waals surface area contributed by atoms with Crippen LogP contribution < -0.4 is 24.2 Å². The summed E-state index contributed by atoms with van der Waals surface area (Å²) >= 11 is 0. The van der Waals surface area contributed by atoms with Crippen molar-refractivity contribution in [3.63, 3.8) is 0 Å². The minimum Gasteiger partial charge on any atom is -0.497 e. The molecule has 1 atom stereocenters. The van der Waals surface area contributed by atoms with Crippen molar-refractivity contribution in [1.82, 2.24) is 4.72 Å². The Morgan fingerprint density at radius 2 is 1.74 bits per heavy atom. The van der Waals surface area contributed by atoms with E-state index in [9.17, 15) is 18.0 Å². The second kappa shape index (κ2) is 9.51. The topological polar surface area (TPSA) is 129 Å². The molecule has 0 aromatic heterocycles. The Morgan fingerprint density at radius 3 is 2.41 bits per heavy atom. The first kappa shape index (κ1) is 23.8. The molecule has 2 N–H and O–H groups in total. The zero-order chi connectivity index (χ0) is 24.3. The number of benzene rings is 2. The zero-order valence-electron chi connectivity index (χ0n) is 18.8. The molecule has 0 unspecified atom stereocenters. The fourth-order valence-electron chi connectivity index (χ4n) is 3.85. The van der Waals surface area contributed by atoms with Gasteiger partial charge in [-0.2, -0.15) is 4.72 Å². The maximum absolute atomic E-state index is 12.5. The van der Waals surface area contributed by atoms with Crippen LogP contribution in [0, 0.1) is 0 Å². The molecule has 2 aromatic rings. The first-order valence-electron chi connectivity index (χ1n) is 10.8. The number of anilines is 1. The number of hydrogen-bond acceptors (Lipinski definition) is 8. The standard InChI is InChI=1S/C23H26N2O8S/c1-15(25-34(28,29)18-8-6-17(30-2)7-9-18)22(27)31-14-21(26)24-16-5-10-19-20(13-16)33-23(32-19)11-3-4-12-23/h5-10,13,15,25H,3-4,11-12,14H2,1-2H3,(H,24,26)/t15-/m0/s1. The molecule has 0 radical (unpaired) electrons. The number of nitrogens with one attached hydrogen (secondary N) is 2. The van der Waals surface area contributed by atoms with Crippen molar-refractivity contribution in [2.45, 2.75) is 49.3 Å². The number of esters is 1. The van der Waals surface area contributed by atoms with E-state index in [1.807, 2.05) is 0 Å². The lowest BCUT2D eigenvalue weighted by molar-refractivity contribution is -0.148. The SMILES string of the molecule is COc1ccc(S(=O)(=O)N[C@@H](C)C(=O)OCC(=O)Nc2ccc3c(c2)OC2(CCCC2)O3)cc1. The van der Waals surface area contributed by atoms with Crippen molar-refractivity contribution in [1.29, 1.82) is 0 Å². The molecule has 11 heteroatoms. The maximum Gasteiger partial charge on any atom is 0.324 e. The number of ether oxygens (including phenoxy) is 4. The van der Waals surface area contributed by atoms with Crippen molar-refractivity contribution in [2.24, 2.45) is 0 Å². The number of fused-ring (bicyclic) bond motifs is 1. The minimum absolute atomic E-state index is 0.0344. The lowest BCUT2D eigenvalue weighted by Crippen LogP contribution is -2.40. The molecule has 34 heavy (non-hydrogen) atoms. The summed E-state index contributed by atoms with van der Waals surface area (Å²) < 4.78 is 49.0. The summed E-state index contributed by atoms with van der Waals surface area (Å²) in [6, 6.07) is 9.54. The Kier molecular flexibility index (Phi) is 6.67. The molecule has 1 aliphatic heterocycles. The largest absolute Gasteiger partial charge is 0.497 e. The van der Waals surface area contributed by atoms with Crippen molar-refractivity contribution in [2.75, 3.05) is 19.0 Å². The van der Waals surface area contributed by atoms with Gasteiger partial charge in [0.2, 0.25) is 10.0 Å². The first-order chi connectivity index (χ1) is 16.2. The van der Waals surface area contributed by atoms with Gasteiger partial charge in [-0.25, -0.2) is 8.42 Å². The molecule has 2 aromatic carbocycles. The second-order valence-electron chi connectivity index (χ2n) is 8.16. The highest BCUT2D eigenvalue weighted by Gasteiger charge is 2.44. The normalized spacial score (nSPS) is 16.8. The van der Waals surface area contributed by atoms with Gasteiger partial charge in [0.15, 0.2) is 18.1 Å². The van der Waals surface area contributed by atoms with Crippen molar-refractivity contribution in [3.8, 4) is 17.2 Å². The summed E-state index contributed by atoms with van der Waals surface area (Å²) in [6.07, 6.45) is 3.72. The van der Waals surface area contributed by atoms with Crippen LogP contribution in [-0.2, 0) is 24.3 Å². The van der Waals surface area contributed by atoms with Crippen LogP contribution in [0.3, 0.4) is 0 Å². The lowest BCUT2D eigenvalue weighted by Gasteiger charge is -2.21. The van der Waals surface area contributed by atoms with Crippen molar-refractivity contribution >= 4 is 27.6 Å². The van der Waals surface area contributed by atoms with E-state index in [-0.39, 0.29) is 4.90 Å². The Hall–Kier alpha value is -3.31. The van der Waals surface area contributed by atoms with E-state index < -0.39 is 40.3 Å². The summed E-state index contributed by atoms with van der Waals surface area (Å²) in [7, 11) is -2.50. The summed E-state index contributed by atoms with van der Waals surface area (Å²) in [5.74, 6) is -0.384. The van der Waals surface area contributed by atoms with E-state index in [0.29, 0.717) is 22.9 Å². The van der Waals surface area contributed by atoms with E-state index in [4.69, 9.17) is 18.9 Å². The molecule has 4 rings (SSSR count). The summed E-state index contributed by atoms with van der Waals surface area (Å²) in [6.45, 7) is 0.754. The smallest absolute Gasteiger partial charge is 0.324 e. The Labute approximate surface area is 197 Å². The molecule has 1 fully saturated rings. The fraction of sp³-hybridized carbons (Fsp3) is 0.391. The molecular formula is C23H26N2O8S. The van der Waals surface area contributed by atoms with Crippen LogP contribution in [0.15, 0.2) is 47.4 Å². The average Bonchev–Trinajstić information content (AvgIpc) is 3.42. The van der Waals surface area contributed by atoms with E-state index in [1.165, 1.54) is 38.3 Å². The third-order valence-electron chi connectivity index (χ3n) is 5.59. The van der Waals surface area contributed by atoms with E-state index in [2.05, 4.69) is 10.0 Å². The lowest BCUT2D eigenvalue weighted by atomic mass is 10.2. The molecule has 2 aliphatic rings. The molecule has 10 nitrogen and oxygen atoms in total. The quantitative estimate of drug-likeness (QED) is 0.540. The average molecular weight is 491 g/mol. The van der Waals surface area contributed by atoms with Gasteiger partial charge >= 0.3 is 5.97 Å². The van der Waals surface area contributed by atoms with Crippen LogP contribution in [0.4, 0.5) is 5.69 Å². The van der Waals surface area contributed by atoms with Gasteiger partial charge in [0.1, 0.15) is 11.8 Å². The van der Waals surface area contributed by atoms with Crippen LogP contribution in [0.25, 0.3) is 0 Å². The highest BCUT2D eigenvalue weighted by Crippen LogP contribution is 2.47. The van der Waals surface area contributed by atoms with Crippen molar-refractivity contribution in [3.05, 3.63) is 42.5 Å². The number of carbonyl (C=O) groups excluding carboxylic acids is 2. The Bertz CT molecular complexity index is 1170. The van der Waals surface area contributed by atoms with Crippen molar-refractivity contribution < 1.29 is 37.0 Å². The number of hydrogen-bond donors (Lipinski definition) is 2. The van der Waals surface area contributed by atoms with Crippen LogP contribution in [0.1, 0.15) is 32.6 Å². The molecular weight excluding hydrogens is 464 g/mol. The molecule has 182 valence electrons. The highest BCUT2D eigenvalue weighted by molar-refractivity contribution is 7.89. The summed E-state index contributed by atoms with van der Waals surface area (Å²) in [4.78, 5) is 24.4. The number of rotatable bonds is 8. The Morgan fingerprint density at radius 1 is 1.06 bits per heavy atom. The molecule has 1 aliphatic carbocycles.